The van der Waals surface area contributed by atoms with E-state index in [-0.39, 0.29) is 31.0 Å². The van der Waals surface area contributed by atoms with Gasteiger partial charge in [-0.2, -0.15) is 18.3 Å². The van der Waals surface area contributed by atoms with Gasteiger partial charge in [-0.1, -0.05) is 69.3 Å². The molecule has 0 saturated carbocycles. The number of alkyl halides is 3. The summed E-state index contributed by atoms with van der Waals surface area (Å²) in [6.45, 7) is 6.09. The van der Waals surface area contributed by atoms with Crippen LogP contribution in [0.2, 0.25) is 0 Å². The van der Waals surface area contributed by atoms with Gasteiger partial charge >= 0.3 is 6.18 Å². The number of hydrogen-bond acceptors (Lipinski definition) is 7. The third kappa shape index (κ3) is 11.8. The summed E-state index contributed by atoms with van der Waals surface area (Å²) >= 11 is 0. The van der Waals surface area contributed by atoms with Crippen LogP contribution in [0.3, 0.4) is 0 Å². The fourth-order valence-corrected chi connectivity index (χ4v) is 5.27. The molecule has 0 fully saturated rings. The molecule has 0 saturated heterocycles. The number of halogens is 3. The van der Waals surface area contributed by atoms with Gasteiger partial charge in [-0.25, -0.2) is 4.68 Å². The van der Waals surface area contributed by atoms with E-state index in [0.717, 1.165) is 5.69 Å². The van der Waals surface area contributed by atoms with Crippen LogP contribution in [-0.4, -0.2) is 68.4 Å². The highest BCUT2D eigenvalue weighted by atomic mass is 19.4. The molecule has 0 bridgehead atoms. The maximum Gasteiger partial charge on any atom is 0.416 e. The lowest BCUT2D eigenvalue weighted by Gasteiger charge is -2.27. The Balaban J connectivity index is 1.74. The minimum atomic E-state index is -5.05. The SMILES string of the molecule is CC(=O)CCC(NC(=O)[C@H](C)CC(=O)[C@H](Cc1ccccc1)NC(=O)[C@@H](CC(=O)c1cnn(-c2ccccc2)c1)C(C)C)C(O)C(F)(F)F. The van der Waals surface area contributed by atoms with E-state index in [0.29, 0.717) is 11.1 Å². The maximum atomic E-state index is 13.7. The monoisotopic (exact) mass is 684 g/mol. The maximum absolute atomic E-state index is 13.7. The first-order valence-electron chi connectivity index (χ1n) is 16.1. The fraction of sp³-hybridized carbons (Fsp3) is 0.444. The predicted molar refractivity (Wildman–Crippen MR) is 176 cm³/mol. The van der Waals surface area contributed by atoms with Gasteiger partial charge in [0.25, 0.3) is 0 Å². The van der Waals surface area contributed by atoms with E-state index in [1.165, 1.54) is 20.0 Å². The Morgan fingerprint density at radius 2 is 1.49 bits per heavy atom. The zero-order valence-corrected chi connectivity index (χ0v) is 27.9. The average Bonchev–Trinajstić information content (AvgIpc) is 3.55. The number of aliphatic hydroxyl groups excluding tert-OH is 1. The zero-order chi connectivity index (χ0) is 36.3. The van der Waals surface area contributed by atoms with E-state index in [4.69, 9.17) is 0 Å². The molecule has 0 aliphatic rings. The Bertz CT molecular complexity index is 1580. The van der Waals surface area contributed by atoms with Crippen molar-refractivity contribution in [2.45, 2.75) is 84.2 Å². The normalized spacial score (nSPS) is 14.7. The first kappa shape index (κ1) is 38.8. The van der Waals surface area contributed by atoms with Gasteiger partial charge in [0.05, 0.1) is 29.5 Å². The van der Waals surface area contributed by atoms with E-state index < -0.39 is 72.4 Å². The highest BCUT2D eigenvalue weighted by Gasteiger charge is 2.44. The molecule has 0 spiro atoms. The Morgan fingerprint density at radius 1 is 0.878 bits per heavy atom. The molecule has 3 rings (SSSR count). The van der Waals surface area contributed by atoms with Gasteiger partial charge in [-0.15, -0.1) is 0 Å². The molecule has 2 amide bonds. The van der Waals surface area contributed by atoms with Crippen LogP contribution in [0.5, 0.6) is 0 Å². The van der Waals surface area contributed by atoms with Crippen LogP contribution >= 0.6 is 0 Å². The topological polar surface area (TPSA) is 147 Å². The second-order valence-corrected chi connectivity index (χ2v) is 12.7. The molecule has 0 aliphatic heterocycles. The molecule has 0 radical (unpaired) electrons. The minimum Gasteiger partial charge on any atom is -0.382 e. The highest BCUT2D eigenvalue weighted by molar-refractivity contribution is 5.99. The molecule has 13 heteroatoms. The lowest BCUT2D eigenvalue weighted by Crippen LogP contribution is -2.52. The summed E-state index contributed by atoms with van der Waals surface area (Å²) in [5.74, 6) is -4.98. The second kappa shape index (κ2) is 17.7. The van der Waals surface area contributed by atoms with Gasteiger partial charge in [0.1, 0.15) is 5.78 Å². The van der Waals surface area contributed by atoms with Crippen molar-refractivity contribution in [1.82, 2.24) is 20.4 Å². The molecule has 1 aromatic heterocycles. The van der Waals surface area contributed by atoms with Crippen molar-refractivity contribution >= 4 is 29.2 Å². The number of nitrogens with one attached hydrogen (secondary N) is 2. The minimum absolute atomic E-state index is 0.0659. The summed E-state index contributed by atoms with van der Waals surface area (Å²) in [5, 5.41) is 19.0. The lowest BCUT2D eigenvalue weighted by molar-refractivity contribution is -0.213. The van der Waals surface area contributed by atoms with Gasteiger partial charge in [0.15, 0.2) is 17.7 Å². The summed E-state index contributed by atoms with van der Waals surface area (Å²) in [6, 6.07) is 15.1. The number of benzene rings is 2. The van der Waals surface area contributed by atoms with Crippen molar-refractivity contribution in [3.8, 4) is 5.69 Å². The van der Waals surface area contributed by atoms with Crippen molar-refractivity contribution in [1.29, 1.82) is 0 Å². The number of para-hydroxylation sites is 1. The van der Waals surface area contributed by atoms with E-state index in [1.54, 1.807) is 55.1 Å². The van der Waals surface area contributed by atoms with Gasteiger partial charge in [-0.05, 0) is 43.4 Å². The van der Waals surface area contributed by atoms with Crippen LogP contribution in [0.4, 0.5) is 13.2 Å². The molecule has 2 unspecified atom stereocenters. The molecule has 2 aromatic carbocycles. The number of aliphatic hydroxyl groups is 1. The van der Waals surface area contributed by atoms with E-state index in [1.807, 2.05) is 30.3 Å². The standard InChI is InChI=1S/C36H43F3N4O6/c1-22(2)28(19-31(45)26-20-40-43(21-26)27-13-9-6-10-14-27)35(49)42-30(18-25-11-7-5-8-12-25)32(46)17-23(3)34(48)41-29(16-15-24(4)44)33(47)36(37,38)39/h5-14,20-23,28-30,33,47H,15-19H2,1-4H3,(H,41,48)(H,42,49)/t23-,28+,29?,30+,33?/m1/s1. The third-order valence-corrected chi connectivity index (χ3v) is 8.27. The van der Waals surface area contributed by atoms with Gasteiger partial charge < -0.3 is 20.5 Å². The van der Waals surface area contributed by atoms with Crippen molar-refractivity contribution in [3.63, 3.8) is 0 Å². The summed E-state index contributed by atoms with van der Waals surface area (Å²) in [6.07, 6.45) is -6.22. The quantitative estimate of drug-likeness (QED) is 0.163. The Kier molecular flexibility index (Phi) is 14.0. The molecule has 5 atom stereocenters. The molecular weight excluding hydrogens is 641 g/mol. The van der Waals surface area contributed by atoms with Crippen LogP contribution in [-0.2, 0) is 25.6 Å². The van der Waals surface area contributed by atoms with Crippen molar-refractivity contribution in [2.75, 3.05) is 0 Å². The van der Waals surface area contributed by atoms with Crippen LogP contribution in [0.1, 0.15) is 69.3 Å². The number of hydrogen-bond donors (Lipinski definition) is 3. The van der Waals surface area contributed by atoms with E-state index in [2.05, 4.69) is 15.7 Å². The van der Waals surface area contributed by atoms with Crippen LogP contribution in [0, 0.1) is 17.8 Å². The number of Topliss-reactive ketones (excluding diaryl/α,β-unsaturated/α-hetero) is 3. The van der Waals surface area contributed by atoms with Crippen molar-refractivity contribution < 1.29 is 42.3 Å². The summed E-state index contributed by atoms with van der Waals surface area (Å²) < 4.78 is 41.4. The first-order chi connectivity index (χ1) is 23.1. The van der Waals surface area contributed by atoms with Gasteiger partial charge in [0, 0.05) is 37.3 Å². The number of carbonyl (C=O) groups is 5. The first-order valence-corrected chi connectivity index (χ1v) is 16.1. The van der Waals surface area contributed by atoms with E-state index >= 15 is 0 Å². The molecule has 3 aromatic rings. The van der Waals surface area contributed by atoms with Crippen LogP contribution in [0.15, 0.2) is 73.1 Å². The van der Waals surface area contributed by atoms with Gasteiger partial charge in [-0.3, -0.25) is 19.2 Å². The summed E-state index contributed by atoms with van der Waals surface area (Å²) in [4.78, 5) is 64.9. The Morgan fingerprint density at radius 3 is 2.06 bits per heavy atom. The number of aromatic nitrogens is 2. The number of rotatable bonds is 18. The molecule has 0 aliphatic carbocycles. The largest absolute Gasteiger partial charge is 0.416 e. The van der Waals surface area contributed by atoms with Crippen LogP contribution in [0.25, 0.3) is 5.69 Å². The fourth-order valence-electron chi connectivity index (χ4n) is 5.27. The number of amides is 2. The summed E-state index contributed by atoms with van der Waals surface area (Å²) in [7, 11) is 0. The smallest absolute Gasteiger partial charge is 0.382 e. The molecular formula is C36H43F3N4O6. The molecule has 1 heterocycles. The summed E-state index contributed by atoms with van der Waals surface area (Å²) in [5.41, 5.74) is 1.78. The average molecular weight is 685 g/mol. The Hall–Kier alpha value is -4.65. The second-order valence-electron chi connectivity index (χ2n) is 12.7. The molecule has 10 nitrogen and oxygen atoms in total. The van der Waals surface area contributed by atoms with Gasteiger partial charge in [0.2, 0.25) is 11.8 Å². The number of nitrogens with zero attached hydrogens (tertiary/aromatic N) is 2. The number of carbonyl (C=O) groups excluding carboxylic acids is 5. The van der Waals surface area contributed by atoms with Crippen LogP contribution < -0.4 is 10.6 Å². The Labute approximate surface area is 283 Å². The lowest BCUT2D eigenvalue weighted by atomic mass is 9.87. The van der Waals surface area contributed by atoms with Crippen molar-refractivity contribution in [2.24, 2.45) is 17.8 Å². The molecule has 49 heavy (non-hydrogen) atoms. The highest BCUT2D eigenvalue weighted by Crippen LogP contribution is 2.25. The van der Waals surface area contributed by atoms with Crippen molar-refractivity contribution in [3.05, 3.63) is 84.2 Å². The third-order valence-electron chi connectivity index (χ3n) is 8.27. The zero-order valence-electron chi connectivity index (χ0n) is 27.9. The molecule has 264 valence electrons. The number of ketones is 3. The molecule has 3 N–H and O–H groups in total. The predicted octanol–water partition coefficient (Wildman–Crippen LogP) is 4.82. The van der Waals surface area contributed by atoms with E-state index in [9.17, 15) is 42.3 Å².